The minimum atomic E-state index is 0.548. The van der Waals surface area contributed by atoms with Gasteiger partial charge in [0.05, 0.1) is 38.0 Å². The third-order valence-electron chi connectivity index (χ3n) is 12.2. The van der Waals surface area contributed by atoms with E-state index in [0.29, 0.717) is 17.6 Å². The maximum Gasteiger partial charge on any atom is 0.238 e. The van der Waals surface area contributed by atoms with Crippen molar-refractivity contribution in [3.8, 4) is 56.1 Å². The number of nitrogens with zero attached hydrogens (tertiary/aromatic N) is 6. The Hall–Kier alpha value is -8.26. The Bertz CT molecular complexity index is 3880. The third kappa shape index (κ3) is 5.64. The molecule has 294 valence electrons. The average Bonchev–Trinajstić information content (AvgIpc) is 4.05. The molecule has 0 aliphatic heterocycles. The van der Waals surface area contributed by atoms with Gasteiger partial charge in [-0.3, -0.25) is 4.57 Å². The summed E-state index contributed by atoms with van der Waals surface area (Å²) in [5.74, 6) is 1.75. The third-order valence-corrected chi connectivity index (χ3v) is 13.3. The number of rotatable bonds is 6. The molecule has 0 spiro atoms. The Balaban J connectivity index is 1.09. The molecule has 4 heterocycles. The molecule has 13 aromatic rings. The molecule has 0 aliphatic rings. The van der Waals surface area contributed by atoms with Crippen molar-refractivity contribution in [2.24, 2.45) is 0 Å². The van der Waals surface area contributed by atoms with Gasteiger partial charge in [0.15, 0.2) is 11.6 Å². The maximum absolute atomic E-state index is 5.40. The topological polar surface area (TPSA) is 61.4 Å². The smallest absolute Gasteiger partial charge is 0.238 e. The van der Waals surface area contributed by atoms with Crippen LogP contribution in [-0.2, 0) is 0 Å². The molecule has 13 rings (SSSR count). The summed E-state index contributed by atoms with van der Waals surface area (Å²) in [7, 11) is 0. The van der Waals surface area contributed by atoms with Crippen LogP contribution in [0, 0.1) is 0 Å². The second-order valence-electron chi connectivity index (χ2n) is 15.8. The van der Waals surface area contributed by atoms with E-state index in [1.807, 2.05) is 18.2 Å². The molecule has 0 saturated heterocycles. The van der Waals surface area contributed by atoms with Crippen LogP contribution in [0.4, 0.5) is 0 Å². The molecule has 0 aliphatic carbocycles. The Morgan fingerprint density at radius 3 is 1.67 bits per heavy atom. The first-order valence-electron chi connectivity index (χ1n) is 21.1. The van der Waals surface area contributed by atoms with E-state index in [-0.39, 0.29) is 0 Å². The number of hydrogen-bond donors (Lipinski definition) is 0. The molecule has 0 radical (unpaired) electrons. The molecule has 0 bridgehead atoms. The summed E-state index contributed by atoms with van der Waals surface area (Å²) in [6.07, 6.45) is 0. The highest BCUT2D eigenvalue weighted by Crippen LogP contribution is 2.44. The van der Waals surface area contributed by atoms with Crippen LogP contribution in [0.25, 0.3) is 121 Å². The van der Waals surface area contributed by atoms with Crippen molar-refractivity contribution in [2.45, 2.75) is 0 Å². The van der Waals surface area contributed by atoms with Crippen molar-refractivity contribution in [1.29, 1.82) is 0 Å². The van der Waals surface area contributed by atoms with Crippen LogP contribution in [0.15, 0.2) is 206 Å². The van der Waals surface area contributed by atoms with Gasteiger partial charge in [-0.05, 0) is 58.3 Å². The van der Waals surface area contributed by atoms with Crippen molar-refractivity contribution < 1.29 is 0 Å². The van der Waals surface area contributed by atoms with Crippen LogP contribution >= 0.6 is 11.3 Å². The Labute approximate surface area is 365 Å². The van der Waals surface area contributed by atoms with Crippen molar-refractivity contribution in [3.05, 3.63) is 206 Å². The molecule has 7 heteroatoms. The van der Waals surface area contributed by atoms with Gasteiger partial charge in [-0.25, -0.2) is 9.97 Å². The number of fused-ring (bicyclic) bond motifs is 9. The summed E-state index contributed by atoms with van der Waals surface area (Å²) in [5, 5.41) is 7.95. The lowest BCUT2D eigenvalue weighted by molar-refractivity contribution is 0.953. The largest absolute Gasteiger partial charge is 0.306 e. The predicted octanol–water partition coefficient (Wildman–Crippen LogP) is 14.5. The molecule has 4 aromatic heterocycles. The average molecular weight is 823 g/mol. The minimum absolute atomic E-state index is 0.548. The van der Waals surface area contributed by atoms with Gasteiger partial charge in [-0.1, -0.05) is 170 Å². The lowest BCUT2D eigenvalue weighted by Gasteiger charge is -2.15. The van der Waals surface area contributed by atoms with Gasteiger partial charge in [-0.15, -0.1) is 11.3 Å². The molecular formula is C56H34N6S. The molecule has 0 unspecified atom stereocenters. The van der Waals surface area contributed by atoms with E-state index >= 15 is 0 Å². The lowest BCUT2D eigenvalue weighted by Crippen LogP contribution is -2.07. The summed E-state index contributed by atoms with van der Waals surface area (Å²) < 4.78 is 5.84. The first-order chi connectivity index (χ1) is 31.2. The van der Waals surface area contributed by atoms with E-state index in [0.717, 1.165) is 86.8 Å². The highest BCUT2D eigenvalue weighted by Gasteiger charge is 2.25. The van der Waals surface area contributed by atoms with Crippen LogP contribution in [-0.4, -0.2) is 29.1 Å². The van der Waals surface area contributed by atoms with Crippen LogP contribution in [0.5, 0.6) is 0 Å². The van der Waals surface area contributed by atoms with E-state index in [1.165, 1.54) is 16.3 Å². The van der Waals surface area contributed by atoms with Gasteiger partial charge in [0.1, 0.15) is 5.01 Å². The Morgan fingerprint density at radius 2 is 0.905 bits per heavy atom. The molecule has 0 amide bonds. The highest BCUT2D eigenvalue weighted by molar-refractivity contribution is 7.21. The van der Waals surface area contributed by atoms with Crippen LogP contribution in [0.2, 0.25) is 0 Å². The number of benzene rings is 9. The fraction of sp³-hybridized carbons (Fsp3) is 0. The van der Waals surface area contributed by atoms with E-state index in [2.05, 4.69) is 197 Å². The second kappa shape index (κ2) is 14.2. The van der Waals surface area contributed by atoms with Gasteiger partial charge >= 0.3 is 0 Å². The summed E-state index contributed by atoms with van der Waals surface area (Å²) in [6.45, 7) is 0. The van der Waals surface area contributed by atoms with E-state index < -0.39 is 0 Å². The molecule has 0 atom stereocenters. The minimum Gasteiger partial charge on any atom is -0.306 e. The zero-order valence-corrected chi connectivity index (χ0v) is 34.5. The fourth-order valence-electron chi connectivity index (χ4n) is 9.38. The Kier molecular flexibility index (Phi) is 7.98. The SMILES string of the molecule is c1ccc(-c2nc(-c3ccc(-c4cccc5ccccc45)cc3)nc(-n3c4ccccc4c4ccc5c6ccccc6n(-c6ccccc6-c6nc7ccccc7s6)c5c43)n2)cc1. The van der Waals surface area contributed by atoms with Gasteiger partial charge < -0.3 is 4.57 Å². The standard InChI is InChI=1S/C56H34N6S/c1-2-16-37(17-3-1)53-58-54(38-31-29-36(30-32-38)40-23-14-18-35-15-4-5-19-39(35)40)60-56(59-53)62-48-26-11-7-21-42(48)44-34-33-43-41-20-6-10-25-47(41)61(51(43)52(44)62)49-27-12-8-22-45(49)55-57-46-24-9-13-28-50(46)63-55/h1-34H. The first-order valence-corrected chi connectivity index (χ1v) is 21.9. The first kappa shape index (κ1) is 35.5. The number of hydrogen-bond acceptors (Lipinski definition) is 5. The van der Waals surface area contributed by atoms with E-state index in [9.17, 15) is 0 Å². The van der Waals surface area contributed by atoms with Gasteiger partial charge in [0.25, 0.3) is 0 Å². The Morgan fingerprint density at radius 1 is 0.349 bits per heavy atom. The second-order valence-corrected chi connectivity index (χ2v) is 16.9. The van der Waals surface area contributed by atoms with E-state index in [1.54, 1.807) is 11.3 Å². The molecule has 6 nitrogen and oxygen atoms in total. The number of para-hydroxylation sites is 4. The van der Waals surface area contributed by atoms with Crippen LogP contribution in [0.1, 0.15) is 0 Å². The lowest BCUT2D eigenvalue weighted by atomic mass is 9.97. The van der Waals surface area contributed by atoms with Crippen LogP contribution in [0.3, 0.4) is 0 Å². The van der Waals surface area contributed by atoms with Gasteiger partial charge in [0, 0.05) is 38.2 Å². The summed E-state index contributed by atoms with van der Waals surface area (Å²) >= 11 is 1.72. The van der Waals surface area contributed by atoms with Crippen molar-refractivity contribution in [1.82, 2.24) is 29.1 Å². The molecule has 63 heavy (non-hydrogen) atoms. The number of aromatic nitrogens is 6. The molecule has 0 N–H and O–H groups in total. The summed E-state index contributed by atoms with van der Waals surface area (Å²) in [5.41, 5.74) is 11.5. The number of thiazole rings is 1. The van der Waals surface area contributed by atoms with Crippen LogP contribution < -0.4 is 0 Å². The molecule has 0 fully saturated rings. The van der Waals surface area contributed by atoms with Gasteiger partial charge in [0.2, 0.25) is 5.95 Å². The molecular weight excluding hydrogens is 789 g/mol. The highest BCUT2D eigenvalue weighted by atomic mass is 32.1. The van der Waals surface area contributed by atoms with Crippen molar-refractivity contribution in [2.75, 3.05) is 0 Å². The predicted molar refractivity (Wildman–Crippen MR) is 261 cm³/mol. The van der Waals surface area contributed by atoms with Crippen molar-refractivity contribution in [3.63, 3.8) is 0 Å². The normalized spacial score (nSPS) is 11.8. The van der Waals surface area contributed by atoms with Crippen molar-refractivity contribution >= 4 is 75.9 Å². The molecule has 0 saturated carbocycles. The quantitative estimate of drug-likeness (QED) is 0.168. The van der Waals surface area contributed by atoms with Gasteiger partial charge in [-0.2, -0.15) is 9.97 Å². The summed E-state index contributed by atoms with van der Waals surface area (Å²) in [4.78, 5) is 21.1. The molecule has 9 aromatic carbocycles. The zero-order chi connectivity index (χ0) is 41.4. The fourth-order valence-corrected chi connectivity index (χ4v) is 10.4. The summed E-state index contributed by atoms with van der Waals surface area (Å²) in [6, 6.07) is 72.7. The maximum atomic E-state index is 5.40. The zero-order valence-electron chi connectivity index (χ0n) is 33.7. The monoisotopic (exact) mass is 822 g/mol. The van der Waals surface area contributed by atoms with E-state index in [4.69, 9.17) is 19.9 Å².